The molecule has 6 aromatic rings. The highest BCUT2D eigenvalue weighted by atomic mass is 15.7. The van der Waals surface area contributed by atoms with Crippen molar-refractivity contribution in [1.82, 2.24) is 9.13 Å². The van der Waals surface area contributed by atoms with Gasteiger partial charge in [0, 0.05) is 5.39 Å². The van der Waals surface area contributed by atoms with Crippen LogP contribution in [0, 0.1) is 104 Å². The summed E-state index contributed by atoms with van der Waals surface area (Å²) in [7, 11) is 0. The predicted octanol–water partition coefficient (Wildman–Crippen LogP) is 8.97. The molecule has 8 heteroatoms. The van der Waals surface area contributed by atoms with Gasteiger partial charge in [-0.25, -0.2) is 0 Å². The van der Waals surface area contributed by atoms with Crippen molar-refractivity contribution in [1.29, 1.82) is 0 Å². The Labute approximate surface area is 333 Å². The number of hydrogen-bond acceptors (Lipinski definition) is 4. The molecule has 0 N–H and O–H groups in total. The summed E-state index contributed by atoms with van der Waals surface area (Å²) in [4.78, 5) is 23.4. The number of rotatable bonds is 0. The first-order chi connectivity index (χ1) is 26.6. The van der Waals surface area contributed by atoms with E-state index in [9.17, 15) is 0 Å². The minimum atomic E-state index is -1.02. The first-order valence-corrected chi connectivity index (χ1v) is 20.0. The summed E-state index contributed by atoms with van der Waals surface area (Å²) in [5, 5.41) is 4.67. The molecule has 0 saturated carbocycles. The van der Waals surface area contributed by atoms with E-state index in [0.717, 1.165) is 51.3 Å². The lowest BCUT2D eigenvalue weighted by Crippen LogP contribution is -2.71. The van der Waals surface area contributed by atoms with Gasteiger partial charge in [-0.05, 0) is 193 Å². The molecule has 1 atom stereocenters. The number of fused-ring (bicyclic) bond motifs is 12. The van der Waals surface area contributed by atoms with Gasteiger partial charge in [-0.1, -0.05) is 27.4 Å². The molecule has 0 bridgehead atoms. The molecule has 284 valence electrons. The van der Waals surface area contributed by atoms with Crippen LogP contribution >= 0.6 is 0 Å². The summed E-state index contributed by atoms with van der Waals surface area (Å²) >= 11 is 0. The number of benzene rings is 4. The Morgan fingerprint density at radius 2 is 0.789 bits per heavy atom. The second kappa shape index (κ2) is 10.0. The fourth-order valence-electron chi connectivity index (χ4n) is 11.5. The molecule has 0 saturated heterocycles. The monoisotopic (exact) mass is 750 g/mol. The fraction of sp³-hybridized carbons (Fsp3) is 0.347. The Bertz CT molecular complexity index is 3380. The maximum Gasteiger partial charge on any atom is 0.404 e. The number of aryl methyl sites for hydroxylation is 4. The predicted molar refractivity (Wildman–Crippen MR) is 231 cm³/mol. The van der Waals surface area contributed by atoms with E-state index in [-0.39, 0.29) is 7.43 Å². The van der Waals surface area contributed by atoms with E-state index in [0.29, 0.717) is 0 Å². The van der Waals surface area contributed by atoms with Crippen LogP contribution in [-0.2, 0) is 5.91 Å². The van der Waals surface area contributed by atoms with Crippen molar-refractivity contribution in [3.63, 3.8) is 0 Å². The molecule has 0 radical (unpaired) electrons. The van der Waals surface area contributed by atoms with Crippen molar-refractivity contribution in [3.8, 4) is 0 Å². The Morgan fingerprint density at radius 3 is 1.25 bits per heavy atom. The molecule has 6 aliphatic rings. The third-order valence-corrected chi connectivity index (χ3v) is 15.8. The quantitative estimate of drug-likeness (QED) is 0.139. The van der Waals surface area contributed by atoms with E-state index in [2.05, 4.69) is 128 Å². The Morgan fingerprint density at radius 1 is 0.404 bits per heavy atom. The Kier molecular flexibility index (Phi) is 6.06. The third-order valence-electron chi connectivity index (χ3n) is 15.8. The number of aliphatic imine (C=N–C) groups is 2. The summed E-state index contributed by atoms with van der Waals surface area (Å²) in [6.07, 6.45) is 0. The number of nitrogens with zero attached hydrogens (tertiary/aromatic N) is 8. The van der Waals surface area contributed by atoms with Gasteiger partial charge in [-0.2, -0.15) is 9.13 Å². The van der Waals surface area contributed by atoms with Gasteiger partial charge in [0.05, 0.1) is 38.4 Å². The van der Waals surface area contributed by atoms with Crippen molar-refractivity contribution in [2.24, 2.45) is 20.0 Å². The Balaban J connectivity index is 0.00000374. The molecule has 2 aromatic heterocycles. The first-order valence-electron chi connectivity index (χ1n) is 20.0. The van der Waals surface area contributed by atoms with Crippen LogP contribution < -0.4 is 11.0 Å². The lowest BCUT2D eigenvalue weighted by molar-refractivity contribution is -0.790. The molecule has 1 spiro atoms. The minimum absolute atomic E-state index is 0. The van der Waals surface area contributed by atoms with Crippen LogP contribution in [0.1, 0.15) is 113 Å². The van der Waals surface area contributed by atoms with Crippen LogP contribution in [0.3, 0.4) is 0 Å². The number of amidine groups is 4. The van der Waals surface area contributed by atoms with Crippen molar-refractivity contribution in [3.05, 3.63) is 123 Å². The largest absolute Gasteiger partial charge is 0.404 e. The van der Waals surface area contributed by atoms with Crippen LogP contribution in [-0.4, -0.2) is 41.6 Å². The molecule has 0 amide bonds. The zero-order chi connectivity index (χ0) is 39.2. The van der Waals surface area contributed by atoms with Gasteiger partial charge in [0.25, 0.3) is 23.3 Å². The van der Waals surface area contributed by atoms with Crippen LogP contribution in [0.15, 0.2) is 26.0 Å². The van der Waals surface area contributed by atoms with Crippen molar-refractivity contribution >= 4 is 56.5 Å². The Hall–Kier alpha value is -5.76. The molecule has 57 heavy (non-hydrogen) atoms. The van der Waals surface area contributed by atoms with Gasteiger partial charge in [-0.3, -0.25) is 0 Å². The summed E-state index contributed by atoms with van der Waals surface area (Å²) in [6, 6.07) is 2.36. The van der Waals surface area contributed by atoms with E-state index in [4.69, 9.17) is 20.0 Å². The van der Waals surface area contributed by atoms with Gasteiger partial charge in [-0.15, -0.1) is 9.15 Å². The normalized spacial score (nSPS) is 18.4. The van der Waals surface area contributed by atoms with E-state index >= 15 is 0 Å². The zero-order valence-corrected chi connectivity index (χ0v) is 35.2. The average molecular weight is 751 g/mol. The van der Waals surface area contributed by atoms with E-state index in [1.54, 1.807) is 0 Å². The van der Waals surface area contributed by atoms with Gasteiger partial charge in [0.2, 0.25) is 22.6 Å². The molecule has 12 rings (SSSR count). The van der Waals surface area contributed by atoms with Crippen LogP contribution in [0.4, 0.5) is 11.6 Å². The van der Waals surface area contributed by atoms with E-state index < -0.39 is 5.91 Å². The van der Waals surface area contributed by atoms with Crippen LogP contribution in [0.25, 0.3) is 21.5 Å². The van der Waals surface area contributed by atoms with Crippen molar-refractivity contribution in [2.45, 2.75) is 117 Å². The smallest absolute Gasteiger partial charge is 0.192 e. The molecule has 0 aliphatic carbocycles. The van der Waals surface area contributed by atoms with Gasteiger partial charge in [0.1, 0.15) is 0 Å². The number of aromatic nitrogens is 2. The lowest BCUT2D eigenvalue weighted by Gasteiger charge is -2.40. The molecule has 8 heterocycles. The van der Waals surface area contributed by atoms with E-state index in [1.807, 2.05) is 0 Å². The minimum Gasteiger partial charge on any atom is -0.192 e. The van der Waals surface area contributed by atoms with Crippen LogP contribution in [0.2, 0.25) is 0 Å². The average Bonchev–Trinajstić information content (AvgIpc) is 3.90. The topological polar surface area (TPSA) is 65.3 Å². The zero-order valence-electron chi connectivity index (χ0n) is 35.2. The lowest BCUT2D eigenvalue weighted by atomic mass is 9.89. The van der Waals surface area contributed by atoms with Crippen molar-refractivity contribution in [2.75, 3.05) is 0 Å². The summed E-state index contributed by atoms with van der Waals surface area (Å²) in [5.74, 6) is 4.67. The highest BCUT2D eigenvalue weighted by Crippen LogP contribution is 2.55. The summed E-state index contributed by atoms with van der Waals surface area (Å²) in [6.45, 7) is 34.0. The van der Waals surface area contributed by atoms with Crippen LogP contribution in [0.5, 0.6) is 0 Å². The molecular formula is C49H50N8+2. The molecular weight excluding hydrogens is 701 g/mol. The molecule has 8 nitrogen and oxygen atoms in total. The van der Waals surface area contributed by atoms with Gasteiger partial charge >= 0.3 is 5.91 Å². The maximum atomic E-state index is 5.87. The highest BCUT2D eigenvalue weighted by molar-refractivity contribution is 6.22. The molecule has 0 unspecified atom stereocenters. The van der Waals surface area contributed by atoms with E-state index in [1.165, 1.54) is 122 Å². The molecule has 0 fully saturated rings. The fourth-order valence-corrected chi connectivity index (χ4v) is 11.5. The second-order valence-electron chi connectivity index (χ2n) is 17.6. The molecule has 6 aliphatic heterocycles. The maximum absolute atomic E-state index is 5.87. The third kappa shape index (κ3) is 3.23. The van der Waals surface area contributed by atoms with Gasteiger partial charge in [0.15, 0.2) is 0 Å². The van der Waals surface area contributed by atoms with Gasteiger partial charge < -0.3 is 0 Å². The molecule has 4 aromatic carbocycles. The standard InChI is InChI=1S/C48H46N8.CH4/c1-17-16-32-33(25(9)18(17)2)41-50-43-36-28(12)21(5)22(6)29(13)37(36)45-52-47-39-31(15)24(8)23(7)30(14)38(39)46-51-44-35-27(11)20(4)19(3)26(10)34(35)42-49-40(32)53(41)48(54(42)44,55(43)45)56(46)47;/h16H,1-15H3;1H4/q+2;/t48-;/m0./s1. The summed E-state index contributed by atoms with van der Waals surface area (Å²) < 4.78 is 9.93. The first kappa shape index (κ1) is 34.5. The second-order valence-corrected chi connectivity index (χ2v) is 17.6. The summed E-state index contributed by atoms with van der Waals surface area (Å²) in [5.41, 5.74) is 25.8. The SMILES string of the molecule is C.Cc1cc2c3n4c(c2c(C)c1C)N=C1c2c(C)c(C)c(C)c(C)c2C2=[N+]1[C@]41n4c(c5c(C)c(C)c(C)c(C)c5c4=N2)=NC2=[N+]1C(=N3)c1c(C)c(C)c(C)c(C)c12. The van der Waals surface area contributed by atoms with Crippen molar-refractivity contribution < 1.29 is 9.15 Å². The number of hydrogen-bond donors (Lipinski definition) is 0. The highest BCUT2D eigenvalue weighted by Gasteiger charge is 2.70.